The summed E-state index contributed by atoms with van der Waals surface area (Å²) >= 11 is 1.72. The van der Waals surface area contributed by atoms with Gasteiger partial charge in [0.25, 0.3) is 0 Å². The van der Waals surface area contributed by atoms with Crippen LogP contribution in [-0.4, -0.2) is 21.4 Å². The molecule has 3 heterocycles. The van der Waals surface area contributed by atoms with Crippen molar-refractivity contribution < 1.29 is 4.92 Å². The van der Waals surface area contributed by atoms with Gasteiger partial charge >= 0.3 is 5.69 Å². The second-order valence-corrected chi connectivity index (χ2v) is 5.34. The Hall–Kier alpha value is -2.26. The summed E-state index contributed by atoms with van der Waals surface area (Å²) in [6, 6.07) is 2.04. The zero-order valence-corrected chi connectivity index (χ0v) is 11.3. The molecule has 2 aromatic heterocycles. The molecule has 0 spiro atoms. The number of fused-ring (bicyclic) bond motifs is 1. The van der Waals surface area contributed by atoms with Crippen LogP contribution in [-0.2, 0) is 13.0 Å². The third-order valence-electron chi connectivity index (χ3n) is 3.23. The number of nitrogen functional groups attached to an aromatic ring is 1. The smallest absolute Gasteiger partial charge is 0.346 e. The summed E-state index contributed by atoms with van der Waals surface area (Å²) < 4.78 is 0. The van der Waals surface area contributed by atoms with Crippen molar-refractivity contribution in [3.05, 3.63) is 38.3 Å². The van der Waals surface area contributed by atoms with Crippen LogP contribution in [0.2, 0.25) is 0 Å². The fourth-order valence-electron chi connectivity index (χ4n) is 2.30. The number of aromatic nitrogens is 2. The van der Waals surface area contributed by atoms with Crippen LogP contribution in [0.3, 0.4) is 0 Å². The molecule has 20 heavy (non-hydrogen) atoms. The molecule has 1 aliphatic rings. The maximum Gasteiger partial charge on any atom is 0.354 e. The topological polar surface area (TPSA) is 110 Å². The molecule has 3 N–H and O–H groups in total. The summed E-state index contributed by atoms with van der Waals surface area (Å²) in [6.07, 6.45) is 2.14. The minimum absolute atomic E-state index is 0.0242. The molecule has 9 heteroatoms. The summed E-state index contributed by atoms with van der Waals surface area (Å²) in [7, 11) is 0. The lowest BCUT2D eigenvalue weighted by molar-refractivity contribution is -0.383. The second kappa shape index (κ2) is 5.02. The molecule has 1 aliphatic heterocycles. The Morgan fingerprint density at radius 2 is 2.35 bits per heavy atom. The van der Waals surface area contributed by atoms with Crippen molar-refractivity contribution in [3.8, 4) is 0 Å². The molecule has 0 amide bonds. The normalized spacial score (nSPS) is 13.9. The highest BCUT2D eigenvalue weighted by Crippen LogP contribution is 2.34. The highest BCUT2D eigenvalue weighted by molar-refractivity contribution is 7.10. The first kappa shape index (κ1) is 12.8. The van der Waals surface area contributed by atoms with E-state index in [1.165, 1.54) is 16.8 Å². The Morgan fingerprint density at radius 3 is 3.10 bits per heavy atom. The van der Waals surface area contributed by atoms with Gasteiger partial charge in [0.15, 0.2) is 0 Å². The first-order valence-electron chi connectivity index (χ1n) is 5.97. The second-order valence-electron chi connectivity index (χ2n) is 4.34. The number of rotatable bonds is 3. The number of hydrogen-bond acceptors (Lipinski definition) is 8. The molecule has 0 fully saturated rings. The van der Waals surface area contributed by atoms with Gasteiger partial charge in [-0.1, -0.05) is 0 Å². The number of nitrogens with zero attached hydrogens (tertiary/aromatic N) is 4. The molecule has 3 rings (SSSR count). The molecule has 104 valence electrons. The maximum absolute atomic E-state index is 11.2. The van der Waals surface area contributed by atoms with E-state index in [1.807, 2.05) is 16.3 Å². The van der Waals surface area contributed by atoms with Crippen molar-refractivity contribution in [1.29, 1.82) is 0 Å². The van der Waals surface area contributed by atoms with E-state index in [9.17, 15) is 10.1 Å². The number of hydrogen-bond donors (Lipinski definition) is 2. The van der Waals surface area contributed by atoms with Crippen molar-refractivity contribution in [1.82, 2.24) is 9.97 Å². The number of hydrazine groups is 1. The van der Waals surface area contributed by atoms with Crippen molar-refractivity contribution in [2.45, 2.75) is 13.0 Å². The van der Waals surface area contributed by atoms with Crippen LogP contribution in [0.1, 0.15) is 10.4 Å². The van der Waals surface area contributed by atoms with Gasteiger partial charge in [-0.05, 0) is 23.4 Å². The van der Waals surface area contributed by atoms with Crippen LogP contribution >= 0.6 is 11.3 Å². The average molecular weight is 292 g/mol. The van der Waals surface area contributed by atoms with Crippen molar-refractivity contribution in [3.63, 3.8) is 0 Å². The molecule has 8 nitrogen and oxygen atoms in total. The van der Waals surface area contributed by atoms with Gasteiger partial charge in [-0.2, -0.15) is 0 Å². The fourth-order valence-corrected chi connectivity index (χ4v) is 3.19. The number of nitro groups is 1. The van der Waals surface area contributed by atoms with Gasteiger partial charge in [-0.3, -0.25) is 10.1 Å². The zero-order valence-electron chi connectivity index (χ0n) is 10.4. The lowest BCUT2D eigenvalue weighted by atomic mass is 10.1. The first-order valence-corrected chi connectivity index (χ1v) is 6.85. The lowest BCUT2D eigenvalue weighted by Crippen LogP contribution is -2.31. The van der Waals surface area contributed by atoms with E-state index >= 15 is 0 Å². The Morgan fingerprint density at radius 1 is 1.50 bits per heavy atom. The van der Waals surface area contributed by atoms with Crippen molar-refractivity contribution >= 4 is 28.7 Å². The molecule has 0 bridgehead atoms. The molecular weight excluding hydrogens is 280 g/mol. The quantitative estimate of drug-likeness (QED) is 0.498. The number of anilines is 2. The van der Waals surface area contributed by atoms with Gasteiger partial charge in [-0.25, -0.2) is 15.8 Å². The molecular formula is C11H12N6O2S. The molecule has 2 aromatic rings. The largest absolute Gasteiger partial charge is 0.354 e. The van der Waals surface area contributed by atoms with Gasteiger partial charge < -0.3 is 10.3 Å². The zero-order chi connectivity index (χ0) is 14.1. The molecule has 0 saturated heterocycles. The van der Waals surface area contributed by atoms with Crippen molar-refractivity contribution in [2.24, 2.45) is 5.84 Å². The predicted molar refractivity (Wildman–Crippen MR) is 75.6 cm³/mol. The Kier molecular flexibility index (Phi) is 3.20. The predicted octanol–water partition coefficient (Wildman–Crippen LogP) is 1.29. The van der Waals surface area contributed by atoms with Crippen LogP contribution in [0, 0.1) is 10.1 Å². The number of nitrogens with two attached hydrogens (primary N) is 1. The Balaban J connectivity index is 2.01. The standard InChI is InChI=1S/C11H12N6O2S/c12-15-10-9(17(18)19)11(14-6-13-10)16-3-1-8-7(5-16)2-4-20-8/h2,4,6H,1,3,5,12H2,(H,13,14,15). The molecule has 0 aliphatic carbocycles. The summed E-state index contributed by atoms with van der Waals surface area (Å²) in [6.45, 7) is 1.30. The molecule has 0 saturated carbocycles. The van der Waals surface area contributed by atoms with E-state index < -0.39 is 4.92 Å². The third kappa shape index (κ3) is 2.06. The summed E-state index contributed by atoms with van der Waals surface area (Å²) in [5.74, 6) is 5.61. The minimum atomic E-state index is -0.506. The third-order valence-corrected chi connectivity index (χ3v) is 4.25. The van der Waals surface area contributed by atoms with E-state index in [1.54, 1.807) is 11.3 Å². The van der Waals surface area contributed by atoms with Crippen LogP contribution in [0.15, 0.2) is 17.8 Å². The molecule has 0 aromatic carbocycles. The summed E-state index contributed by atoms with van der Waals surface area (Å²) in [5.41, 5.74) is 3.26. The van der Waals surface area contributed by atoms with Gasteiger partial charge in [0.2, 0.25) is 11.6 Å². The number of thiophene rings is 1. The van der Waals surface area contributed by atoms with Crippen LogP contribution in [0.25, 0.3) is 0 Å². The van der Waals surface area contributed by atoms with Gasteiger partial charge in [0, 0.05) is 18.0 Å². The highest BCUT2D eigenvalue weighted by atomic mass is 32.1. The monoisotopic (exact) mass is 292 g/mol. The van der Waals surface area contributed by atoms with Gasteiger partial charge in [0.1, 0.15) is 6.33 Å². The van der Waals surface area contributed by atoms with E-state index in [4.69, 9.17) is 5.84 Å². The van der Waals surface area contributed by atoms with Gasteiger partial charge in [0.05, 0.1) is 4.92 Å². The van der Waals surface area contributed by atoms with E-state index in [0.29, 0.717) is 18.9 Å². The van der Waals surface area contributed by atoms with Crippen LogP contribution in [0.4, 0.5) is 17.3 Å². The fraction of sp³-hybridized carbons (Fsp3) is 0.273. The maximum atomic E-state index is 11.2. The molecule has 0 unspecified atom stereocenters. The van der Waals surface area contributed by atoms with Crippen LogP contribution in [0.5, 0.6) is 0 Å². The minimum Gasteiger partial charge on any atom is -0.346 e. The number of nitrogens with one attached hydrogen (secondary N) is 1. The summed E-state index contributed by atoms with van der Waals surface area (Å²) in [4.78, 5) is 21.8. The highest BCUT2D eigenvalue weighted by Gasteiger charge is 2.29. The van der Waals surface area contributed by atoms with Crippen LogP contribution < -0.4 is 16.2 Å². The molecule has 0 radical (unpaired) electrons. The van der Waals surface area contributed by atoms with Crippen molar-refractivity contribution in [2.75, 3.05) is 16.9 Å². The lowest BCUT2D eigenvalue weighted by Gasteiger charge is -2.27. The van der Waals surface area contributed by atoms with Gasteiger partial charge in [-0.15, -0.1) is 11.3 Å². The van der Waals surface area contributed by atoms with E-state index in [2.05, 4.69) is 15.4 Å². The molecule has 0 atom stereocenters. The summed E-state index contributed by atoms with van der Waals surface area (Å²) in [5, 5.41) is 13.3. The average Bonchev–Trinajstić information content (AvgIpc) is 2.93. The Bertz CT molecular complexity index is 658. The Labute approximate surface area is 118 Å². The SMILES string of the molecule is NNc1ncnc(N2CCc3sccc3C2)c1[N+](=O)[O-]. The van der Waals surface area contributed by atoms with E-state index in [-0.39, 0.29) is 11.5 Å². The van der Waals surface area contributed by atoms with E-state index in [0.717, 1.165) is 6.42 Å². The first-order chi connectivity index (χ1) is 9.70.